The van der Waals surface area contributed by atoms with Crippen molar-refractivity contribution in [1.82, 2.24) is 0 Å². The molecule has 0 saturated carbocycles. The van der Waals surface area contributed by atoms with Gasteiger partial charge < -0.3 is 9.84 Å². The van der Waals surface area contributed by atoms with Crippen LogP contribution in [0.1, 0.15) is 34.6 Å². The van der Waals surface area contributed by atoms with Crippen LogP contribution in [0.3, 0.4) is 0 Å². The van der Waals surface area contributed by atoms with E-state index in [0.29, 0.717) is 17.7 Å². The van der Waals surface area contributed by atoms with Gasteiger partial charge in [-0.05, 0) is 41.5 Å². The van der Waals surface area contributed by atoms with E-state index in [9.17, 15) is 35.5 Å². The molecule has 1 unspecified atom stereocenters. The second-order valence-corrected chi connectivity index (χ2v) is 6.28. The summed E-state index contributed by atoms with van der Waals surface area (Å²) in [4.78, 5) is 11.0. The summed E-state index contributed by atoms with van der Waals surface area (Å²) in [5.74, 6) is -2.50. The molecule has 10 heteroatoms. The fraction of sp³-hybridized carbons (Fsp3) is 0.316. The van der Waals surface area contributed by atoms with Gasteiger partial charge >= 0.3 is 18.3 Å². The van der Waals surface area contributed by atoms with Gasteiger partial charge in [-0.1, -0.05) is 12.1 Å². The van der Waals surface area contributed by atoms with E-state index in [1.54, 1.807) is 0 Å². The Morgan fingerprint density at radius 1 is 0.931 bits per heavy atom. The number of carboxylic acid groups (broad SMARTS) is 1. The molecule has 3 nitrogen and oxygen atoms in total. The molecule has 1 atom stereocenters. The lowest BCUT2D eigenvalue weighted by molar-refractivity contribution is -0.143. The Labute approximate surface area is 160 Å². The zero-order valence-corrected chi connectivity index (χ0v) is 14.6. The van der Waals surface area contributed by atoms with Gasteiger partial charge in [0.1, 0.15) is 5.82 Å². The summed E-state index contributed by atoms with van der Waals surface area (Å²) >= 11 is 0. The number of rotatable bonds is 7. The molecule has 0 aliphatic rings. The summed E-state index contributed by atoms with van der Waals surface area (Å²) < 4.78 is 95.5. The third-order valence-electron chi connectivity index (χ3n) is 4.00. The second-order valence-electron chi connectivity index (χ2n) is 6.28. The summed E-state index contributed by atoms with van der Waals surface area (Å²) in [6, 6.07) is 5.96. The molecule has 2 rings (SSSR count). The number of ether oxygens (including phenoxy) is 1. The van der Waals surface area contributed by atoms with E-state index in [1.165, 1.54) is 12.1 Å². The second kappa shape index (κ2) is 8.81. The number of alkyl halides is 6. The van der Waals surface area contributed by atoms with Crippen molar-refractivity contribution in [3.63, 3.8) is 0 Å². The first-order valence-electron chi connectivity index (χ1n) is 8.19. The molecule has 0 spiro atoms. The number of hydrogen-bond donors (Lipinski definition) is 1. The van der Waals surface area contributed by atoms with Gasteiger partial charge in [-0.15, -0.1) is 0 Å². The molecule has 0 aromatic heterocycles. The summed E-state index contributed by atoms with van der Waals surface area (Å²) in [6.45, 7) is -0.889. The number of benzene rings is 2. The Morgan fingerprint density at radius 2 is 1.45 bits per heavy atom. The van der Waals surface area contributed by atoms with Crippen molar-refractivity contribution < 1.29 is 45.4 Å². The lowest BCUT2D eigenvalue weighted by Gasteiger charge is -2.17. The van der Waals surface area contributed by atoms with Gasteiger partial charge in [0.15, 0.2) is 0 Å². The minimum Gasteiger partial charge on any atom is -0.481 e. The molecule has 2 aromatic rings. The van der Waals surface area contributed by atoms with Crippen molar-refractivity contribution in [1.29, 1.82) is 0 Å². The molecular formula is C19H15F7O3. The van der Waals surface area contributed by atoms with Crippen molar-refractivity contribution in [2.24, 2.45) is 0 Å². The smallest absolute Gasteiger partial charge is 0.416 e. The topological polar surface area (TPSA) is 46.5 Å². The largest absolute Gasteiger partial charge is 0.481 e. The zero-order chi connectivity index (χ0) is 21.8. The molecule has 0 aliphatic carbocycles. The maximum Gasteiger partial charge on any atom is 0.416 e. The molecule has 29 heavy (non-hydrogen) atoms. The lowest BCUT2D eigenvalue weighted by atomic mass is 9.96. The molecule has 0 heterocycles. The average Bonchev–Trinajstić information content (AvgIpc) is 2.59. The Bertz CT molecular complexity index is 810. The summed E-state index contributed by atoms with van der Waals surface area (Å²) in [7, 11) is 0. The highest BCUT2D eigenvalue weighted by Crippen LogP contribution is 2.36. The molecule has 158 valence electrons. The van der Waals surface area contributed by atoms with Crippen molar-refractivity contribution in [3.8, 4) is 0 Å². The van der Waals surface area contributed by atoms with E-state index in [1.807, 2.05) is 0 Å². The lowest BCUT2D eigenvalue weighted by Crippen LogP contribution is -2.14. The minimum absolute atomic E-state index is 0.00917. The van der Waals surface area contributed by atoms with Crippen LogP contribution >= 0.6 is 0 Å². The van der Waals surface area contributed by atoms with Gasteiger partial charge in [-0.3, -0.25) is 4.79 Å². The van der Waals surface area contributed by atoms with E-state index >= 15 is 0 Å². The molecule has 0 radical (unpaired) electrons. The Morgan fingerprint density at radius 3 is 1.90 bits per heavy atom. The van der Waals surface area contributed by atoms with Crippen LogP contribution in [0, 0.1) is 5.82 Å². The van der Waals surface area contributed by atoms with Crippen molar-refractivity contribution in [2.45, 2.75) is 31.3 Å². The van der Waals surface area contributed by atoms with Crippen molar-refractivity contribution >= 4 is 5.97 Å². The van der Waals surface area contributed by atoms with Gasteiger partial charge in [-0.25, -0.2) is 4.39 Å². The summed E-state index contributed by atoms with van der Waals surface area (Å²) in [6.07, 6.45) is -10.4. The maximum atomic E-state index is 13.0. The molecule has 0 fully saturated rings. The van der Waals surface area contributed by atoms with E-state index in [0.717, 1.165) is 12.1 Å². The average molecular weight is 424 g/mol. The Hall–Kier alpha value is -2.62. The van der Waals surface area contributed by atoms with Crippen LogP contribution in [0.25, 0.3) is 0 Å². The van der Waals surface area contributed by atoms with Gasteiger partial charge in [0.25, 0.3) is 0 Å². The number of hydrogen-bond acceptors (Lipinski definition) is 2. The first-order valence-corrected chi connectivity index (χ1v) is 8.19. The molecule has 0 saturated heterocycles. The fourth-order valence-electron chi connectivity index (χ4n) is 2.64. The molecule has 0 aliphatic heterocycles. The third kappa shape index (κ3) is 6.74. The van der Waals surface area contributed by atoms with Crippen LogP contribution in [0.2, 0.25) is 0 Å². The highest BCUT2D eigenvalue weighted by atomic mass is 19.4. The van der Waals surface area contributed by atoms with Crippen molar-refractivity contribution in [3.05, 3.63) is 70.5 Å². The summed E-state index contributed by atoms with van der Waals surface area (Å²) in [5.41, 5.74) is -2.88. The Balaban J connectivity index is 2.18. The normalized spacial score (nSPS) is 13.3. The quantitative estimate of drug-likeness (QED) is 0.586. The first-order chi connectivity index (χ1) is 13.4. The fourth-order valence-corrected chi connectivity index (χ4v) is 2.64. The van der Waals surface area contributed by atoms with Gasteiger partial charge in [0.2, 0.25) is 0 Å². The number of carbonyl (C=O) groups is 1. The predicted molar refractivity (Wildman–Crippen MR) is 87.5 cm³/mol. The van der Waals surface area contributed by atoms with Gasteiger partial charge in [0.05, 0.1) is 30.8 Å². The number of halogens is 7. The SMILES string of the molecule is O=C(O)CC(COCc1cc(C(F)(F)F)cc(C(F)(F)F)c1)c1ccc(F)cc1. The van der Waals surface area contributed by atoms with Crippen LogP contribution in [-0.2, 0) is 28.5 Å². The number of aliphatic carboxylic acids is 1. The van der Waals surface area contributed by atoms with Crippen LogP contribution < -0.4 is 0 Å². The maximum absolute atomic E-state index is 13.0. The molecular weight excluding hydrogens is 409 g/mol. The summed E-state index contributed by atoms with van der Waals surface area (Å²) in [5, 5.41) is 8.99. The third-order valence-corrected chi connectivity index (χ3v) is 4.00. The van der Waals surface area contributed by atoms with Crippen molar-refractivity contribution in [2.75, 3.05) is 6.61 Å². The zero-order valence-electron chi connectivity index (χ0n) is 14.6. The van der Waals surface area contributed by atoms with E-state index < -0.39 is 54.2 Å². The van der Waals surface area contributed by atoms with Crippen LogP contribution in [0.4, 0.5) is 30.7 Å². The van der Waals surface area contributed by atoms with E-state index in [-0.39, 0.29) is 18.2 Å². The van der Waals surface area contributed by atoms with Crippen LogP contribution in [-0.4, -0.2) is 17.7 Å². The highest BCUT2D eigenvalue weighted by molar-refractivity contribution is 5.68. The van der Waals surface area contributed by atoms with Gasteiger partial charge in [0, 0.05) is 5.92 Å². The van der Waals surface area contributed by atoms with Gasteiger partial charge in [-0.2, -0.15) is 26.3 Å². The Kier molecular flexibility index (Phi) is 6.89. The van der Waals surface area contributed by atoms with Crippen LogP contribution in [0.5, 0.6) is 0 Å². The van der Waals surface area contributed by atoms with Crippen LogP contribution in [0.15, 0.2) is 42.5 Å². The molecule has 0 bridgehead atoms. The predicted octanol–water partition coefficient (Wildman–Crippen LogP) is 5.64. The number of carboxylic acids is 1. The van der Waals surface area contributed by atoms with E-state index in [2.05, 4.69) is 0 Å². The molecule has 0 amide bonds. The highest BCUT2D eigenvalue weighted by Gasteiger charge is 2.36. The van der Waals surface area contributed by atoms with E-state index in [4.69, 9.17) is 9.84 Å². The molecule has 2 aromatic carbocycles. The molecule has 1 N–H and O–H groups in total. The minimum atomic E-state index is -4.98. The monoisotopic (exact) mass is 424 g/mol. The standard InChI is InChI=1S/C19H15F7O3/c20-16-3-1-12(2-4-16)13(7-17(27)28)10-29-9-11-5-14(18(21,22)23)8-15(6-11)19(24,25)26/h1-6,8,13H,7,9-10H2,(H,27,28). The first kappa shape index (κ1) is 22.7.